The van der Waals surface area contributed by atoms with Crippen LogP contribution in [0.5, 0.6) is 5.75 Å². The summed E-state index contributed by atoms with van der Waals surface area (Å²) in [6, 6.07) is 9.25. The third kappa shape index (κ3) is 3.91. The predicted octanol–water partition coefficient (Wildman–Crippen LogP) is 3.41. The second-order valence-corrected chi connectivity index (χ2v) is 5.34. The van der Waals surface area contributed by atoms with Crippen molar-refractivity contribution in [3.8, 4) is 5.75 Å². The topological polar surface area (TPSA) is 93.8 Å². The van der Waals surface area contributed by atoms with Crippen molar-refractivity contribution in [2.24, 2.45) is 10.7 Å². The van der Waals surface area contributed by atoms with Crippen LogP contribution in [-0.2, 0) is 0 Å². The SMILES string of the molecule is COc1cc(NC(=O)/N=C(\N)c2c(C)cccc2Cl)ccc1C=O. The molecule has 124 valence electrons. The van der Waals surface area contributed by atoms with Gasteiger partial charge in [-0.15, -0.1) is 0 Å². The van der Waals surface area contributed by atoms with Crippen LogP contribution in [0.3, 0.4) is 0 Å². The van der Waals surface area contributed by atoms with Crippen molar-refractivity contribution in [1.82, 2.24) is 0 Å². The standard InChI is InChI=1S/C17H16ClN3O3/c1-10-4-3-5-13(18)15(10)16(19)21-17(23)20-12-7-6-11(9-22)14(8-12)24-2/h3-9H,1-2H3,(H3,19,20,21,23). The molecular weight excluding hydrogens is 330 g/mol. The van der Waals surface area contributed by atoms with Gasteiger partial charge in [-0.25, -0.2) is 4.79 Å². The lowest BCUT2D eigenvalue weighted by Crippen LogP contribution is -2.20. The molecule has 0 saturated heterocycles. The number of halogens is 1. The molecule has 7 heteroatoms. The van der Waals surface area contributed by atoms with E-state index < -0.39 is 6.03 Å². The number of carbonyl (C=O) groups is 2. The molecule has 0 bridgehead atoms. The Labute approximate surface area is 144 Å². The number of nitrogens with one attached hydrogen (secondary N) is 1. The molecule has 2 aromatic rings. The Morgan fingerprint density at radius 3 is 2.71 bits per heavy atom. The van der Waals surface area contributed by atoms with Crippen LogP contribution in [0.4, 0.5) is 10.5 Å². The molecule has 3 N–H and O–H groups in total. The zero-order chi connectivity index (χ0) is 17.7. The van der Waals surface area contributed by atoms with Crippen LogP contribution < -0.4 is 15.8 Å². The Morgan fingerprint density at radius 1 is 1.33 bits per heavy atom. The first-order valence-electron chi connectivity index (χ1n) is 7.00. The van der Waals surface area contributed by atoms with Crippen LogP contribution in [0.15, 0.2) is 41.4 Å². The number of carbonyl (C=O) groups excluding carboxylic acids is 2. The fourth-order valence-electron chi connectivity index (χ4n) is 2.16. The molecule has 24 heavy (non-hydrogen) atoms. The normalized spacial score (nSPS) is 11.0. The Bertz CT molecular complexity index is 798. The van der Waals surface area contributed by atoms with Gasteiger partial charge >= 0.3 is 6.03 Å². The van der Waals surface area contributed by atoms with Crippen LogP contribution in [0, 0.1) is 6.92 Å². The number of aliphatic imine (C=N–C) groups is 1. The molecule has 2 amide bonds. The number of anilines is 1. The van der Waals surface area contributed by atoms with Crippen LogP contribution in [-0.4, -0.2) is 25.3 Å². The Morgan fingerprint density at radius 2 is 2.08 bits per heavy atom. The zero-order valence-corrected chi connectivity index (χ0v) is 13.9. The molecule has 0 aliphatic heterocycles. The molecule has 2 rings (SSSR count). The first-order valence-corrected chi connectivity index (χ1v) is 7.38. The number of aldehydes is 1. The Kier molecular flexibility index (Phi) is 5.55. The minimum absolute atomic E-state index is 0.0204. The minimum atomic E-state index is -0.660. The molecule has 0 aromatic heterocycles. The van der Waals surface area contributed by atoms with Crippen molar-refractivity contribution in [3.05, 3.63) is 58.1 Å². The molecule has 0 aliphatic rings. The number of hydrogen-bond donors (Lipinski definition) is 2. The summed E-state index contributed by atoms with van der Waals surface area (Å²) >= 11 is 6.10. The number of urea groups is 1. The number of nitrogens with zero attached hydrogens (tertiary/aromatic N) is 1. The molecule has 6 nitrogen and oxygen atoms in total. The molecule has 0 saturated carbocycles. The maximum absolute atomic E-state index is 12.0. The largest absolute Gasteiger partial charge is 0.496 e. The fourth-order valence-corrected chi connectivity index (χ4v) is 2.48. The molecule has 0 heterocycles. The summed E-state index contributed by atoms with van der Waals surface area (Å²) in [4.78, 5) is 26.7. The maximum atomic E-state index is 12.0. The van der Waals surface area contributed by atoms with Gasteiger partial charge in [-0.05, 0) is 30.7 Å². The highest BCUT2D eigenvalue weighted by Crippen LogP contribution is 2.22. The molecule has 0 aliphatic carbocycles. The Hall–Kier alpha value is -2.86. The lowest BCUT2D eigenvalue weighted by Gasteiger charge is -2.09. The summed E-state index contributed by atoms with van der Waals surface area (Å²) in [5, 5.41) is 2.98. The number of rotatable bonds is 4. The van der Waals surface area contributed by atoms with E-state index in [4.69, 9.17) is 22.1 Å². The molecular formula is C17H16ClN3O3. The first-order chi connectivity index (χ1) is 11.5. The fraction of sp³-hybridized carbons (Fsp3) is 0.118. The quantitative estimate of drug-likeness (QED) is 0.504. The lowest BCUT2D eigenvalue weighted by molar-refractivity contribution is 0.112. The third-order valence-corrected chi connectivity index (χ3v) is 3.63. The summed E-state index contributed by atoms with van der Waals surface area (Å²) in [5.74, 6) is 0.369. The number of methoxy groups -OCH3 is 1. The van der Waals surface area contributed by atoms with Gasteiger partial charge in [0.15, 0.2) is 6.29 Å². The summed E-state index contributed by atoms with van der Waals surface area (Å²) in [6.07, 6.45) is 0.667. The first kappa shape index (κ1) is 17.5. The molecule has 2 aromatic carbocycles. The van der Waals surface area contributed by atoms with E-state index in [9.17, 15) is 9.59 Å². The van der Waals surface area contributed by atoms with Crippen LogP contribution in [0.1, 0.15) is 21.5 Å². The monoisotopic (exact) mass is 345 g/mol. The number of aryl methyl sites for hydroxylation is 1. The van der Waals surface area contributed by atoms with Gasteiger partial charge in [-0.1, -0.05) is 23.7 Å². The molecule has 0 spiro atoms. The lowest BCUT2D eigenvalue weighted by atomic mass is 10.1. The van der Waals surface area contributed by atoms with E-state index in [2.05, 4.69) is 10.3 Å². The summed E-state index contributed by atoms with van der Waals surface area (Å²) < 4.78 is 5.08. The van der Waals surface area contributed by atoms with Gasteiger partial charge < -0.3 is 15.8 Å². The van der Waals surface area contributed by atoms with Crippen molar-refractivity contribution in [2.75, 3.05) is 12.4 Å². The van der Waals surface area contributed by atoms with Gasteiger partial charge in [0, 0.05) is 17.3 Å². The highest BCUT2D eigenvalue weighted by Gasteiger charge is 2.11. The van der Waals surface area contributed by atoms with Gasteiger partial charge in [0.05, 0.1) is 17.7 Å². The van der Waals surface area contributed by atoms with Crippen LogP contribution >= 0.6 is 11.6 Å². The van der Waals surface area contributed by atoms with E-state index >= 15 is 0 Å². The van der Waals surface area contributed by atoms with Crippen molar-refractivity contribution in [2.45, 2.75) is 6.92 Å². The van der Waals surface area contributed by atoms with Crippen LogP contribution in [0.2, 0.25) is 5.02 Å². The second-order valence-electron chi connectivity index (χ2n) is 4.93. The average Bonchev–Trinajstić information content (AvgIpc) is 2.54. The van der Waals surface area contributed by atoms with Crippen molar-refractivity contribution < 1.29 is 14.3 Å². The van der Waals surface area contributed by atoms with E-state index in [-0.39, 0.29) is 5.84 Å². The van der Waals surface area contributed by atoms with Crippen molar-refractivity contribution in [3.63, 3.8) is 0 Å². The van der Waals surface area contributed by atoms with Gasteiger partial charge in [-0.2, -0.15) is 4.99 Å². The van der Waals surface area contributed by atoms with Gasteiger partial charge in [0.2, 0.25) is 0 Å². The van der Waals surface area contributed by atoms with Crippen molar-refractivity contribution >= 4 is 35.4 Å². The smallest absolute Gasteiger partial charge is 0.347 e. The van der Waals surface area contributed by atoms with E-state index in [0.29, 0.717) is 33.9 Å². The molecule has 0 unspecified atom stereocenters. The number of hydrogen-bond acceptors (Lipinski definition) is 3. The summed E-state index contributed by atoms with van der Waals surface area (Å²) in [7, 11) is 1.43. The van der Waals surface area contributed by atoms with Gasteiger partial charge in [0.1, 0.15) is 11.6 Å². The average molecular weight is 346 g/mol. The number of ether oxygens (including phenoxy) is 1. The predicted molar refractivity (Wildman–Crippen MR) is 94.3 cm³/mol. The zero-order valence-electron chi connectivity index (χ0n) is 13.2. The third-order valence-electron chi connectivity index (χ3n) is 3.31. The molecule has 0 atom stereocenters. The number of amidine groups is 1. The number of nitrogens with two attached hydrogens (primary N) is 1. The highest BCUT2D eigenvalue weighted by molar-refractivity contribution is 6.34. The van der Waals surface area contributed by atoms with E-state index in [1.165, 1.54) is 19.2 Å². The van der Waals surface area contributed by atoms with Crippen LogP contribution in [0.25, 0.3) is 0 Å². The summed E-state index contributed by atoms with van der Waals surface area (Å²) in [5.41, 5.74) is 8.02. The van der Waals surface area contributed by atoms with E-state index in [0.717, 1.165) is 5.56 Å². The Balaban J connectivity index is 2.22. The highest BCUT2D eigenvalue weighted by atomic mass is 35.5. The number of amides is 2. The van der Waals surface area contributed by atoms with Crippen molar-refractivity contribution in [1.29, 1.82) is 0 Å². The molecule has 0 fully saturated rings. The second kappa shape index (κ2) is 7.61. The summed E-state index contributed by atoms with van der Waals surface area (Å²) in [6.45, 7) is 1.82. The number of benzene rings is 2. The van der Waals surface area contributed by atoms with Gasteiger partial charge in [-0.3, -0.25) is 4.79 Å². The maximum Gasteiger partial charge on any atom is 0.347 e. The minimum Gasteiger partial charge on any atom is -0.496 e. The van der Waals surface area contributed by atoms with E-state index in [1.54, 1.807) is 18.2 Å². The van der Waals surface area contributed by atoms with Gasteiger partial charge in [0.25, 0.3) is 0 Å². The van der Waals surface area contributed by atoms with E-state index in [1.807, 2.05) is 13.0 Å². The molecule has 0 radical (unpaired) electrons.